The summed E-state index contributed by atoms with van der Waals surface area (Å²) < 4.78 is 24.6. The smallest absolute Gasteiger partial charge is 0.199 e. The average molecular weight is 351 g/mol. The van der Waals surface area contributed by atoms with Crippen molar-refractivity contribution >= 4 is 22.1 Å². The number of halogens is 1. The molecule has 0 radical (unpaired) electrons. The zero-order valence-electron chi connectivity index (χ0n) is 14.2. The van der Waals surface area contributed by atoms with Gasteiger partial charge in [-0.2, -0.15) is 0 Å². The van der Waals surface area contributed by atoms with E-state index >= 15 is 0 Å². The number of oxazole rings is 1. The molecule has 0 saturated carbocycles. The van der Waals surface area contributed by atoms with Crippen LogP contribution in [0.1, 0.15) is 30.3 Å². The van der Waals surface area contributed by atoms with Crippen molar-refractivity contribution < 1.29 is 13.3 Å². The van der Waals surface area contributed by atoms with E-state index in [2.05, 4.69) is 15.0 Å². The topological polar surface area (TPSA) is 55.3 Å². The minimum absolute atomic E-state index is 0.270. The molecule has 1 aliphatic heterocycles. The second-order valence-corrected chi connectivity index (χ2v) is 6.86. The molecular weight excluding hydrogens is 333 g/mol. The highest BCUT2D eigenvalue weighted by atomic mass is 19.1. The van der Waals surface area contributed by atoms with E-state index in [-0.39, 0.29) is 11.7 Å². The van der Waals surface area contributed by atoms with Gasteiger partial charge >= 0.3 is 0 Å². The summed E-state index contributed by atoms with van der Waals surface area (Å²) in [5.74, 6) is 0.768. The summed E-state index contributed by atoms with van der Waals surface area (Å²) in [4.78, 5) is 7.00. The van der Waals surface area contributed by atoms with E-state index < -0.39 is 0 Å². The van der Waals surface area contributed by atoms with Crippen molar-refractivity contribution in [1.29, 1.82) is 0 Å². The van der Waals surface area contributed by atoms with Crippen molar-refractivity contribution in [2.24, 2.45) is 0 Å². The largest absolute Gasteiger partial charge is 0.440 e. The predicted octanol–water partition coefficient (Wildman–Crippen LogP) is 4.49. The van der Waals surface area contributed by atoms with Gasteiger partial charge in [0.1, 0.15) is 17.0 Å². The summed E-state index contributed by atoms with van der Waals surface area (Å²) in [6.07, 6.45) is 2.14. The normalized spacial score (nSPS) is 18.7. The molecule has 4 aromatic rings. The Balaban J connectivity index is 1.36. The van der Waals surface area contributed by atoms with Crippen molar-refractivity contribution in [1.82, 2.24) is 15.0 Å². The number of hydrogen-bond donors (Lipinski definition) is 0. The number of fused-ring (bicyclic) bond motifs is 2. The minimum Gasteiger partial charge on any atom is -0.440 e. The van der Waals surface area contributed by atoms with E-state index in [1.165, 1.54) is 12.1 Å². The molecule has 26 heavy (non-hydrogen) atoms. The van der Waals surface area contributed by atoms with E-state index in [9.17, 15) is 4.39 Å². The Kier molecular flexibility index (Phi) is 3.71. The zero-order valence-corrected chi connectivity index (χ0v) is 14.2. The van der Waals surface area contributed by atoms with Gasteiger partial charge in [0, 0.05) is 30.5 Å². The lowest BCUT2D eigenvalue weighted by Gasteiger charge is -2.30. The fourth-order valence-corrected chi connectivity index (χ4v) is 3.75. The van der Waals surface area contributed by atoms with E-state index in [0.717, 1.165) is 54.0 Å². The average Bonchev–Trinajstić information content (AvgIpc) is 3.26. The van der Waals surface area contributed by atoms with Gasteiger partial charge in [-0.25, -0.2) is 9.37 Å². The Hall–Kier alpha value is -2.73. The highest BCUT2D eigenvalue weighted by Gasteiger charge is 2.26. The number of hydrogen-bond acceptors (Lipinski definition) is 5. The minimum atomic E-state index is -0.311. The lowest BCUT2D eigenvalue weighted by molar-refractivity contribution is 0.183. The van der Waals surface area contributed by atoms with Gasteiger partial charge in [0.05, 0.1) is 0 Å². The quantitative estimate of drug-likeness (QED) is 0.544. The van der Waals surface area contributed by atoms with Gasteiger partial charge in [0.2, 0.25) is 0 Å². The van der Waals surface area contributed by atoms with Gasteiger partial charge in [0.25, 0.3) is 0 Å². The molecule has 0 amide bonds. The molecule has 5 rings (SSSR count). The Morgan fingerprint density at radius 3 is 3.00 bits per heavy atom. The SMILES string of the molecule is Fc1ccc2c(CN3CCCC(c4nc5ccccc5o4)C3)noc2c1. The highest BCUT2D eigenvalue weighted by molar-refractivity contribution is 5.79. The summed E-state index contributed by atoms with van der Waals surface area (Å²) in [6, 6.07) is 12.4. The molecule has 0 N–H and O–H groups in total. The number of likely N-dealkylation sites (tertiary alicyclic amines) is 1. The van der Waals surface area contributed by atoms with E-state index in [1.807, 2.05) is 24.3 Å². The lowest BCUT2D eigenvalue weighted by atomic mass is 9.97. The number of aromatic nitrogens is 2. The van der Waals surface area contributed by atoms with Crippen LogP contribution in [0.4, 0.5) is 4.39 Å². The first-order valence-corrected chi connectivity index (χ1v) is 8.88. The van der Waals surface area contributed by atoms with Crippen LogP contribution >= 0.6 is 0 Å². The number of rotatable bonds is 3. The molecule has 2 aromatic carbocycles. The molecule has 0 spiro atoms. The van der Waals surface area contributed by atoms with Crippen molar-refractivity contribution in [2.45, 2.75) is 25.3 Å². The molecule has 5 nitrogen and oxygen atoms in total. The molecule has 1 saturated heterocycles. The third-order valence-electron chi connectivity index (χ3n) is 5.05. The van der Waals surface area contributed by atoms with Crippen LogP contribution in [-0.4, -0.2) is 28.1 Å². The van der Waals surface area contributed by atoms with Crippen LogP contribution in [0.25, 0.3) is 22.1 Å². The fourth-order valence-electron chi connectivity index (χ4n) is 3.75. The maximum absolute atomic E-state index is 13.3. The summed E-state index contributed by atoms with van der Waals surface area (Å²) >= 11 is 0. The lowest BCUT2D eigenvalue weighted by Crippen LogP contribution is -2.34. The van der Waals surface area contributed by atoms with Crippen molar-refractivity contribution in [3.8, 4) is 0 Å². The Morgan fingerprint density at radius 2 is 2.08 bits per heavy atom. The summed E-state index contributed by atoms with van der Waals surface area (Å²) in [7, 11) is 0. The van der Waals surface area contributed by atoms with Crippen molar-refractivity contribution in [2.75, 3.05) is 13.1 Å². The van der Waals surface area contributed by atoms with Crippen molar-refractivity contribution in [3.05, 3.63) is 59.9 Å². The van der Waals surface area contributed by atoms with Crippen LogP contribution < -0.4 is 0 Å². The Morgan fingerprint density at radius 1 is 1.15 bits per heavy atom. The monoisotopic (exact) mass is 351 g/mol. The first-order valence-electron chi connectivity index (χ1n) is 8.88. The van der Waals surface area contributed by atoms with Gasteiger partial charge in [-0.15, -0.1) is 0 Å². The summed E-state index contributed by atoms with van der Waals surface area (Å²) in [5, 5.41) is 5.01. The van der Waals surface area contributed by atoms with E-state index in [4.69, 9.17) is 8.94 Å². The molecule has 1 unspecified atom stereocenters. The molecule has 1 aliphatic rings. The zero-order chi connectivity index (χ0) is 17.5. The number of benzene rings is 2. The maximum Gasteiger partial charge on any atom is 0.199 e. The molecule has 1 atom stereocenters. The predicted molar refractivity (Wildman–Crippen MR) is 95.2 cm³/mol. The third kappa shape index (κ3) is 2.76. The van der Waals surface area contributed by atoms with Crippen molar-refractivity contribution in [3.63, 3.8) is 0 Å². The fraction of sp³-hybridized carbons (Fsp3) is 0.300. The van der Waals surface area contributed by atoms with Crippen LogP contribution in [0.3, 0.4) is 0 Å². The van der Waals surface area contributed by atoms with Crippen LogP contribution in [0.5, 0.6) is 0 Å². The Bertz CT molecular complexity index is 1040. The number of nitrogens with zero attached hydrogens (tertiary/aromatic N) is 3. The Labute approximate surface area is 149 Å². The van der Waals surface area contributed by atoms with Gasteiger partial charge in [-0.3, -0.25) is 4.90 Å². The standard InChI is InChI=1S/C20H18FN3O2/c21-14-7-8-15-17(23-26-19(15)10-14)12-24-9-3-4-13(11-24)20-22-16-5-1-2-6-18(16)25-20/h1-2,5-8,10,13H,3-4,9,11-12H2. The van der Waals surface area contributed by atoms with E-state index in [0.29, 0.717) is 12.1 Å². The van der Waals surface area contributed by atoms with Crippen LogP contribution in [-0.2, 0) is 6.54 Å². The molecule has 3 heterocycles. The van der Waals surface area contributed by atoms with Crippen LogP contribution in [0.15, 0.2) is 51.4 Å². The summed E-state index contributed by atoms with van der Waals surface area (Å²) in [6.45, 7) is 2.53. The van der Waals surface area contributed by atoms with Gasteiger partial charge in [-0.1, -0.05) is 17.3 Å². The van der Waals surface area contributed by atoms with Gasteiger partial charge in [0.15, 0.2) is 17.1 Å². The molecule has 132 valence electrons. The van der Waals surface area contributed by atoms with Crippen LogP contribution in [0.2, 0.25) is 0 Å². The number of para-hydroxylation sites is 2. The summed E-state index contributed by atoms with van der Waals surface area (Å²) in [5.41, 5.74) is 3.08. The molecule has 1 fully saturated rings. The third-order valence-corrected chi connectivity index (χ3v) is 5.05. The molecule has 0 aliphatic carbocycles. The molecule has 6 heteroatoms. The van der Waals surface area contributed by atoms with Crippen LogP contribution in [0, 0.1) is 5.82 Å². The van der Waals surface area contributed by atoms with Gasteiger partial charge < -0.3 is 8.94 Å². The molecular formula is C20H18FN3O2. The first-order chi connectivity index (χ1) is 12.8. The maximum atomic E-state index is 13.3. The molecule has 2 aromatic heterocycles. The molecule has 0 bridgehead atoms. The second-order valence-electron chi connectivity index (χ2n) is 6.86. The first kappa shape index (κ1) is 15.5. The van der Waals surface area contributed by atoms with Gasteiger partial charge in [-0.05, 0) is 43.7 Å². The second kappa shape index (κ2) is 6.21. The highest BCUT2D eigenvalue weighted by Crippen LogP contribution is 2.30. The van der Waals surface area contributed by atoms with E-state index in [1.54, 1.807) is 6.07 Å². The number of piperidine rings is 1.